The number of carbonyl (C=O) groups excluding carboxylic acids is 2. The van der Waals surface area contributed by atoms with Crippen LogP contribution in [0.5, 0.6) is 0 Å². The fourth-order valence-electron chi connectivity index (χ4n) is 5.58. The molecule has 2 unspecified atom stereocenters. The molecule has 0 spiro atoms. The Bertz CT molecular complexity index is 1360. The van der Waals surface area contributed by atoms with Gasteiger partial charge >= 0.3 is 5.97 Å². The predicted octanol–water partition coefficient (Wildman–Crippen LogP) is 3.60. The Balaban J connectivity index is 1.36. The Kier molecular flexibility index (Phi) is 9.93. The highest BCUT2D eigenvalue weighted by molar-refractivity contribution is 7.89. The summed E-state index contributed by atoms with van der Waals surface area (Å²) >= 11 is 0. The number of unbranched alkanes of at least 4 members (excludes halogenated alkanes) is 1. The van der Waals surface area contributed by atoms with E-state index >= 15 is 0 Å². The van der Waals surface area contributed by atoms with Gasteiger partial charge in [-0.3, -0.25) is 9.59 Å². The molecule has 41 heavy (non-hydrogen) atoms. The normalized spacial score (nSPS) is 20.2. The lowest BCUT2D eigenvalue weighted by atomic mass is 9.99. The maximum atomic E-state index is 13.1. The number of amides is 2. The zero-order valence-corrected chi connectivity index (χ0v) is 24.1. The minimum absolute atomic E-state index is 0.0164. The van der Waals surface area contributed by atoms with Crippen LogP contribution in [0.3, 0.4) is 0 Å². The Morgan fingerprint density at radius 2 is 1.76 bits per heavy atom. The highest BCUT2D eigenvalue weighted by Gasteiger charge is 2.40. The molecule has 220 valence electrons. The highest BCUT2D eigenvalue weighted by atomic mass is 32.2. The molecule has 2 saturated heterocycles. The van der Waals surface area contributed by atoms with E-state index in [4.69, 9.17) is 5.41 Å². The average molecular weight is 583 g/mol. The summed E-state index contributed by atoms with van der Waals surface area (Å²) in [4.78, 5) is 40.0. The molecule has 2 aromatic rings. The van der Waals surface area contributed by atoms with Crippen molar-refractivity contribution in [1.82, 2.24) is 9.62 Å². The van der Waals surface area contributed by atoms with E-state index in [-0.39, 0.29) is 29.7 Å². The van der Waals surface area contributed by atoms with Gasteiger partial charge < -0.3 is 20.7 Å². The van der Waals surface area contributed by atoms with Crippen molar-refractivity contribution < 1.29 is 27.9 Å². The summed E-state index contributed by atoms with van der Waals surface area (Å²) in [5.74, 6) is -1.77. The number of benzene rings is 2. The number of hydrogen-bond donors (Lipinski definition) is 3. The molecule has 10 nitrogen and oxygen atoms in total. The molecular formula is C30H38N4O6S. The van der Waals surface area contributed by atoms with Gasteiger partial charge in [0.1, 0.15) is 12.1 Å². The van der Waals surface area contributed by atoms with Gasteiger partial charge in [0.05, 0.1) is 4.90 Å². The Morgan fingerprint density at radius 1 is 1.05 bits per heavy atom. The lowest BCUT2D eigenvalue weighted by Crippen LogP contribution is -2.51. The number of carboxylic acids is 1. The molecule has 11 heteroatoms. The molecule has 0 bridgehead atoms. The van der Waals surface area contributed by atoms with E-state index in [1.54, 1.807) is 54.3 Å². The third kappa shape index (κ3) is 7.39. The van der Waals surface area contributed by atoms with Crippen LogP contribution in [0.2, 0.25) is 0 Å². The molecule has 3 atom stereocenters. The molecule has 3 N–H and O–H groups in total. The van der Waals surface area contributed by atoms with E-state index < -0.39 is 34.0 Å². The summed E-state index contributed by atoms with van der Waals surface area (Å²) in [6.07, 6.45) is 5.02. The van der Waals surface area contributed by atoms with Crippen molar-refractivity contribution >= 4 is 39.2 Å². The van der Waals surface area contributed by atoms with Crippen molar-refractivity contribution in [3.05, 3.63) is 60.2 Å². The monoisotopic (exact) mass is 582 g/mol. The number of anilines is 1. The lowest BCUT2D eigenvalue weighted by Gasteiger charge is -2.25. The van der Waals surface area contributed by atoms with Crippen LogP contribution in [0.15, 0.2) is 59.5 Å². The number of rotatable bonds is 13. The van der Waals surface area contributed by atoms with Gasteiger partial charge in [-0.2, -0.15) is 4.31 Å². The zero-order chi connectivity index (χ0) is 29.6. The molecule has 2 heterocycles. The van der Waals surface area contributed by atoms with Crippen LogP contribution in [0.1, 0.15) is 57.4 Å². The van der Waals surface area contributed by atoms with Crippen LogP contribution in [-0.4, -0.2) is 66.5 Å². The second-order valence-corrected chi connectivity index (χ2v) is 12.7. The summed E-state index contributed by atoms with van der Waals surface area (Å²) in [5.41, 5.74) is 2.08. The van der Waals surface area contributed by atoms with Crippen molar-refractivity contribution in [3.63, 3.8) is 0 Å². The summed E-state index contributed by atoms with van der Waals surface area (Å²) in [6.45, 7) is 2.61. The van der Waals surface area contributed by atoms with Gasteiger partial charge in [-0.05, 0) is 75.3 Å². The molecule has 0 radical (unpaired) electrons. The minimum Gasteiger partial charge on any atom is -0.480 e. The quantitative estimate of drug-likeness (QED) is 0.243. The molecule has 2 fully saturated rings. The molecule has 2 aliphatic rings. The molecule has 2 aliphatic heterocycles. The minimum atomic E-state index is -3.90. The molecule has 0 saturated carbocycles. The summed E-state index contributed by atoms with van der Waals surface area (Å²) in [7, 11) is -3.90. The van der Waals surface area contributed by atoms with Gasteiger partial charge in [0, 0.05) is 36.8 Å². The number of hydrogen-bond acceptors (Lipinski definition) is 6. The Morgan fingerprint density at radius 3 is 2.41 bits per heavy atom. The van der Waals surface area contributed by atoms with Gasteiger partial charge in [-0.25, -0.2) is 13.2 Å². The maximum absolute atomic E-state index is 13.1. The molecule has 4 rings (SSSR count). The Labute approximate surface area is 241 Å². The summed E-state index contributed by atoms with van der Waals surface area (Å²) < 4.78 is 27.4. The van der Waals surface area contributed by atoms with E-state index in [1.807, 2.05) is 0 Å². The SMILES string of the molecule is CC(=N)CCCCC1CCN(c2ccc(CC(NC(=O)[C@@H]3CCCN3S(=O)(=O)c3ccccc3)C(=O)O)cc2)C1=O. The fraction of sp³-hybridized carbons (Fsp3) is 0.467. The van der Waals surface area contributed by atoms with E-state index in [2.05, 4.69) is 5.32 Å². The molecule has 0 aromatic heterocycles. The van der Waals surface area contributed by atoms with Crippen molar-refractivity contribution in [3.8, 4) is 0 Å². The number of carboxylic acid groups (broad SMARTS) is 1. The van der Waals surface area contributed by atoms with Gasteiger partial charge in [0.25, 0.3) is 0 Å². The number of aliphatic carboxylic acids is 1. The molecule has 2 aromatic carbocycles. The largest absolute Gasteiger partial charge is 0.480 e. The van der Waals surface area contributed by atoms with Crippen LogP contribution >= 0.6 is 0 Å². The number of nitrogens with one attached hydrogen (secondary N) is 2. The van der Waals surface area contributed by atoms with Crippen LogP contribution in [0.4, 0.5) is 5.69 Å². The second-order valence-electron chi connectivity index (χ2n) is 10.9. The number of sulfonamides is 1. The molecule has 2 amide bonds. The summed E-state index contributed by atoms with van der Waals surface area (Å²) in [5, 5.41) is 19.9. The van der Waals surface area contributed by atoms with Crippen LogP contribution in [0.25, 0.3) is 0 Å². The standard InChI is InChI=1S/C30H38N4O6S/c1-21(31)8-5-6-9-23-17-19-33(29(23)36)24-15-13-22(14-16-24)20-26(30(37)38)32-28(35)27-12-7-18-34(27)41(39,40)25-10-3-2-4-11-25/h2-4,10-11,13-16,23,26-27,31H,5-9,12,17-20H2,1H3,(H,32,35)(H,37,38)/t23?,26?,27-/m0/s1. The van der Waals surface area contributed by atoms with Crippen molar-refractivity contribution in [2.75, 3.05) is 18.0 Å². The van der Waals surface area contributed by atoms with Crippen molar-refractivity contribution in [2.24, 2.45) is 5.92 Å². The van der Waals surface area contributed by atoms with E-state index in [0.29, 0.717) is 30.7 Å². The predicted molar refractivity (Wildman–Crippen MR) is 155 cm³/mol. The number of carbonyl (C=O) groups is 3. The van der Waals surface area contributed by atoms with Gasteiger partial charge in [0.15, 0.2) is 0 Å². The number of nitrogens with zero attached hydrogens (tertiary/aromatic N) is 2. The molecular weight excluding hydrogens is 544 g/mol. The van der Waals surface area contributed by atoms with E-state index in [1.165, 1.54) is 12.1 Å². The second kappa shape index (κ2) is 13.4. The van der Waals surface area contributed by atoms with Crippen LogP contribution in [0, 0.1) is 11.3 Å². The van der Waals surface area contributed by atoms with Crippen LogP contribution < -0.4 is 10.2 Å². The van der Waals surface area contributed by atoms with Gasteiger partial charge in [-0.1, -0.05) is 36.8 Å². The smallest absolute Gasteiger partial charge is 0.326 e. The van der Waals surface area contributed by atoms with E-state index in [0.717, 1.165) is 42.1 Å². The third-order valence-corrected chi connectivity index (χ3v) is 9.75. The topological polar surface area (TPSA) is 148 Å². The van der Waals surface area contributed by atoms with Gasteiger partial charge in [0.2, 0.25) is 21.8 Å². The zero-order valence-electron chi connectivity index (χ0n) is 23.3. The first-order valence-electron chi connectivity index (χ1n) is 14.1. The lowest BCUT2D eigenvalue weighted by molar-refractivity contribution is -0.142. The molecule has 0 aliphatic carbocycles. The van der Waals surface area contributed by atoms with Crippen molar-refractivity contribution in [1.29, 1.82) is 5.41 Å². The van der Waals surface area contributed by atoms with Gasteiger partial charge in [-0.15, -0.1) is 0 Å². The maximum Gasteiger partial charge on any atom is 0.326 e. The van der Waals surface area contributed by atoms with E-state index in [9.17, 15) is 27.9 Å². The first kappa shape index (κ1) is 30.4. The summed E-state index contributed by atoms with van der Waals surface area (Å²) in [6, 6.07) is 12.8. The first-order chi connectivity index (χ1) is 19.6. The average Bonchev–Trinajstić information content (AvgIpc) is 3.59. The third-order valence-electron chi connectivity index (χ3n) is 7.83. The fourth-order valence-corrected chi connectivity index (χ4v) is 7.25. The van der Waals surface area contributed by atoms with Crippen LogP contribution in [-0.2, 0) is 30.8 Å². The Hall–Kier alpha value is -3.57. The van der Waals surface area contributed by atoms with Crippen molar-refractivity contribution in [2.45, 2.75) is 75.3 Å². The highest BCUT2D eigenvalue weighted by Crippen LogP contribution is 2.29. The first-order valence-corrected chi connectivity index (χ1v) is 15.6.